The lowest BCUT2D eigenvalue weighted by Gasteiger charge is -2.32. The number of cyclic esters (lactones) is 1. The number of carbonyl (C=O) groups is 1. The molecule has 2 aromatic carbocycles. The lowest BCUT2D eigenvalue weighted by atomic mass is 9.75. The number of epoxide rings is 1. The Hall–Kier alpha value is -2.73. The van der Waals surface area contributed by atoms with Crippen LogP contribution < -0.4 is 9.47 Å². The molecule has 4 rings (SSSR count). The van der Waals surface area contributed by atoms with Crippen LogP contribution in [0, 0.1) is 0 Å². The minimum absolute atomic E-state index is 0.209. The van der Waals surface area contributed by atoms with Crippen LogP contribution in [-0.4, -0.2) is 55.6 Å². The minimum Gasteiger partial charge on any atom is -0.489 e. The molecule has 2 heterocycles. The first kappa shape index (κ1) is 30.2. The molecule has 40 heavy (non-hydrogen) atoms. The molecule has 2 fully saturated rings. The molecule has 220 valence electrons. The number of rotatable bonds is 13. The third kappa shape index (κ3) is 6.59. The van der Waals surface area contributed by atoms with Crippen molar-refractivity contribution in [2.24, 2.45) is 0 Å². The molecule has 6 heteroatoms. The van der Waals surface area contributed by atoms with Gasteiger partial charge in [0.15, 0.2) is 6.10 Å². The summed E-state index contributed by atoms with van der Waals surface area (Å²) in [7, 11) is 1.75. The van der Waals surface area contributed by atoms with Gasteiger partial charge in [0.05, 0.1) is 19.3 Å². The van der Waals surface area contributed by atoms with Gasteiger partial charge in [-0.15, -0.1) is 0 Å². The van der Waals surface area contributed by atoms with E-state index in [0.29, 0.717) is 19.3 Å². The molecule has 2 aliphatic heterocycles. The SMILES string of the molecule is CCc1cc(C(C)(C)c2cc(CC)c(OC(C)(C)CC3CO3)c(CC)c2)cc(CC)c1OCC1CN(C)C(=O)O1. The Morgan fingerprint density at radius 3 is 1.70 bits per heavy atom. The van der Waals surface area contributed by atoms with Crippen LogP contribution in [0.5, 0.6) is 11.5 Å². The highest BCUT2D eigenvalue weighted by molar-refractivity contribution is 5.69. The van der Waals surface area contributed by atoms with Crippen molar-refractivity contribution in [2.45, 2.75) is 111 Å². The molecule has 0 aromatic heterocycles. The molecule has 2 unspecified atom stereocenters. The molecule has 1 amide bonds. The van der Waals surface area contributed by atoms with E-state index in [0.717, 1.165) is 50.2 Å². The van der Waals surface area contributed by atoms with Crippen molar-refractivity contribution in [3.63, 3.8) is 0 Å². The number of benzene rings is 2. The maximum Gasteiger partial charge on any atom is 0.410 e. The third-order valence-corrected chi connectivity index (χ3v) is 8.42. The molecule has 6 nitrogen and oxygen atoms in total. The summed E-state index contributed by atoms with van der Waals surface area (Å²) in [6.45, 7) is 19.5. The molecule has 0 spiro atoms. The quantitative estimate of drug-likeness (QED) is 0.250. The Morgan fingerprint density at radius 1 is 0.825 bits per heavy atom. The highest BCUT2D eigenvalue weighted by Crippen LogP contribution is 2.41. The van der Waals surface area contributed by atoms with Crippen molar-refractivity contribution in [1.82, 2.24) is 4.90 Å². The summed E-state index contributed by atoms with van der Waals surface area (Å²) in [6, 6.07) is 9.32. The van der Waals surface area contributed by atoms with E-state index < -0.39 is 0 Å². The largest absolute Gasteiger partial charge is 0.489 e. The predicted molar refractivity (Wildman–Crippen MR) is 160 cm³/mol. The zero-order chi connectivity index (χ0) is 29.2. The van der Waals surface area contributed by atoms with Gasteiger partial charge in [0.25, 0.3) is 0 Å². The van der Waals surface area contributed by atoms with Gasteiger partial charge in [-0.25, -0.2) is 4.79 Å². The van der Waals surface area contributed by atoms with Crippen LogP contribution in [0.1, 0.15) is 95.2 Å². The monoisotopic (exact) mass is 551 g/mol. The summed E-state index contributed by atoms with van der Waals surface area (Å²) in [4.78, 5) is 13.4. The number of ether oxygens (including phenoxy) is 4. The van der Waals surface area contributed by atoms with Crippen LogP contribution in [0.25, 0.3) is 0 Å². The van der Waals surface area contributed by atoms with Gasteiger partial charge < -0.3 is 23.8 Å². The van der Waals surface area contributed by atoms with E-state index in [9.17, 15) is 4.79 Å². The number of aryl methyl sites for hydroxylation is 4. The molecule has 0 bridgehead atoms. The fourth-order valence-electron chi connectivity index (χ4n) is 5.73. The average Bonchev–Trinajstić information content (AvgIpc) is 3.67. The second-order valence-electron chi connectivity index (χ2n) is 12.5. The number of amides is 1. The first-order chi connectivity index (χ1) is 18.9. The zero-order valence-electron chi connectivity index (χ0n) is 26.1. The lowest BCUT2D eigenvalue weighted by molar-refractivity contribution is 0.0872. The lowest BCUT2D eigenvalue weighted by Crippen LogP contribution is -2.31. The normalized spacial score (nSPS) is 19.1. The molecular weight excluding hydrogens is 502 g/mol. The fourth-order valence-corrected chi connectivity index (χ4v) is 5.73. The summed E-state index contributed by atoms with van der Waals surface area (Å²) in [6.07, 6.45) is 4.25. The summed E-state index contributed by atoms with van der Waals surface area (Å²) < 4.78 is 24.0. The van der Waals surface area contributed by atoms with E-state index in [1.165, 1.54) is 33.4 Å². The first-order valence-electron chi connectivity index (χ1n) is 15.1. The summed E-state index contributed by atoms with van der Waals surface area (Å²) in [5, 5.41) is 0. The number of likely N-dealkylation sites (N-methyl/N-ethyl adjacent to an activating group) is 1. The van der Waals surface area contributed by atoms with Gasteiger partial charge in [0, 0.05) is 18.9 Å². The highest BCUT2D eigenvalue weighted by atomic mass is 16.6. The third-order valence-electron chi connectivity index (χ3n) is 8.42. The minimum atomic E-state index is -0.285. The van der Waals surface area contributed by atoms with Crippen LogP contribution in [-0.2, 0) is 40.6 Å². The average molecular weight is 552 g/mol. The van der Waals surface area contributed by atoms with Crippen molar-refractivity contribution < 1.29 is 23.7 Å². The number of hydrogen-bond acceptors (Lipinski definition) is 5. The first-order valence-corrected chi connectivity index (χ1v) is 15.1. The molecule has 2 aromatic rings. The van der Waals surface area contributed by atoms with E-state index >= 15 is 0 Å². The van der Waals surface area contributed by atoms with Crippen LogP contribution in [0.2, 0.25) is 0 Å². The molecule has 2 saturated heterocycles. The van der Waals surface area contributed by atoms with Crippen molar-refractivity contribution in [2.75, 3.05) is 26.8 Å². The smallest absolute Gasteiger partial charge is 0.410 e. The Kier molecular flexibility index (Phi) is 9.08. The summed E-state index contributed by atoms with van der Waals surface area (Å²) in [5.41, 5.74) is 7.00. The molecule has 2 aliphatic rings. The van der Waals surface area contributed by atoms with Crippen LogP contribution in [0.15, 0.2) is 24.3 Å². The maximum absolute atomic E-state index is 11.8. The Bertz CT molecular complexity index is 1160. The molecule has 0 radical (unpaired) electrons. The maximum atomic E-state index is 11.8. The van der Waals surface area contributed by atoms with Crippen LogP contribution >= 0.6 is 0 Å². The number of carbonyl (C=O) groups excluding carboxylic acids is 1. The fraction of sp³-hybridized carbons (Fsp3) is 0.618. The Labute approximate surface area is 241 Å². The van der Waals surface area contributed by atoms with Gasteiger partial charge >= 0.3 is 6.09 Å². The van der Waals surface area contributed by atoms with Gasteiger partial charge in [-0.05, 0) is 72.9 Å². The van der Waals surface area contributed by atoms with E-state index in [1.54, 1.807) is 11.9 Å². The zero-order valence-corrected chi connectivity index (χ0v) is 26.1. The Balaban J connectivity index is 1.65. The highest BCUT2D eigenvalue weighted by Gasteiger charge is 2.35. The van der Waals surface area contributed by atoms with E-state index in [4.69, 9.17) is 18.9 Å². The van der Waals surface area contributed by atoms with Gasteiger partial charge in [0.1, 0.15) is 23.7 Å². The van der Waals surface area contributed by atoms with Crippen LogP contribution in [0.3, 0.4) is 0 Å². The summed E-state index contributed by atoms with van der Waals surface area (Å²) >= 11 is 0. The second-order valence-corrected chi connectivity index (χ2v) is 12.5. The summed E-state index contributed by atoms with van der Waals surface area (Å²) in [5.74, 6) is 1.98. The van der Waals surface area contributed by atoms with E-state index in [1.807, 2.05) is 0 Å². The molecule has 0 saturated carbocycles. The molecule has 2 atom stereocenters. The van der Waals surface area contributed by atoms with Crippen LogP contribution in [0.4, 0.5) is 4.79 Å². The van der Waals surface area contributed by atoms with Gasteiger partial charge in [0.2, 0.25) is 0 Å². The topological polar surface area (TPSA) is 60.5 Å². The van der Waals surface area contributed by atoms with Crippen molar-refractivity contribution in [3.8, 4) is 11.5 Å². The van der Waals surface area contributed by atoms with E-state index in [-0.39, 0.29) is 23.2 Å². The van der Waals surface area contributed by atoms with Gasteiger partial charge in [-0.3, -0.25) is 0 Å². The van der Waals surface area contributed by atoms with Gasteiger partial charge in [-0.2, -0.15) is 0 Å². The Morgan fingerprint density at radius 2 is 1.30 bits per heavy atom. The molecule has 0 aliphatic carbocycles. The van der Waals surface area contributed by atoms with Crippen molar-refractivity contribution in [1.29, 1.82) is 0 Å². The molecule has 0 N–H and O–H groups in total. The van der Waals surface area contributed by atoms with Gasteiger partial charge in [-0.1, -0.05) is 65.8 Å². The standard InChI is InChI=1S/C34H49NO5/c1-10-22-14-26(15-23(11-2)30(22)38-21-29-19-35(9)32(36)39-29)34(7,8)27-16-24(12-3)31(25(13-4)17-27)40-33(5,6)18-28-20-37-28/h14-17,28-29H,10-13,18-21H2,1-9H3. The van der Waals surface area contributed by atoms with E-state index in [2.05, 4.69) is 79.7 Å². The number of nitrogens with zero attached hydrogens (tertiary/aromatic N) is 1. The molecular formula is C34H49NO5. The van der Waals surface area contributed by atoms with Crippen molar-refractivity contribution in [3.05, 3.63) is 57.6 Å². The predicted octanol–water partition coefficient (Wildman–Crippen LogP) is 7.04. The second kappa shape index (κ2) is 12.0. The number of hydrogen-bond donors (Lipinski definition) is 0. The van der Waals surface area contributed by atoms with Crippen molar-refractivity contribution >= 4 is 6.09 Å².